The van der Waals surface area contributed by atoms with Gasteiger partial charge in [0.25, 0.3) is 0 Å². The highest BCUT2D eigenvalue weighted by molar-refractivity contribution is 5.53. The van der Waals surface area contributed by atoms with Gasteiger partial charge in [0.2, 0.25) is 0 Å². The van der Waals surface area contributed by atoms with Crippen LogP contribution in [-0.2, 0) is 12.8 Å². The van der Waals surface area contributed by atoms with E-state index in [1.807, 2.05) is 12.4 Å². The molecule has 2 aromatic rings. The fourth-order valence-electron chi connectivity index (χ4n) is 3.11. The number of hydrogen-bond acceptors (Lipinski definition) is 4. The van der Waals surface area contributed by atoms with Gasteiger partial charge in [-0.3, -0.25) is 4.98 Å². The number of aromatic nitrogens is 3. The summed E-state index contributed by atoms with van der Waals surface area (Å²) in [6.45, 7) is 2.13. The zero-order valence-corrected chi connectivity index (χ0v) is 10.8. The summed E-state index contributed by atoms with van der Waals surface area (Å²) in [4.78, 5) is 15.4. The monoisotopic (exact) mass is 252 g/mol. The summed E-state index contributed by atoms with van der Waals surface area (Å²) in [6.07, 6.45) is 8.96. The van der Waals surface area contributed by atoms with Gasteiger partial charge in [-0.25, -0.2) is 9.97 Å². The Morgan fingerprint density at radius 3 is 2.74 bits per heavy atom. The van der Waals surface area contributed by atoms with Crippen LogP contribution in [0.1, 0.15) is 29.2 Å². The molecular weight excluding hydrogens is 236 g/mol. The number of anilines is 1. The maximum atomic E-state index is 4.50. The summed E-state index contributed by atoms with van der Waals surface area (Å²) in [5.41, 5.74) is 4.03. The maximum absolute atomic E-state index is 4.50. The molecule has 1 fully saturated rings. The third kappa shape index (κ3) is 1.79. The second-order valence-corrected chi connectivity index (χ2v) is 5.36. The predicted octanol–water partition coefficient (Wildman–Crippen LogP) is 1.96. The van der Waals surface area contributed by atoms with Crippen molar-refractivity contribution >= 4 is 5.82 Å². The molecule has 4 rings (SSSR count). The predicted molar refractivity (Wildman–Crippen MR) is 73.2 cm³/mol. The van der Waals surface area contributed by atoms with Crippen LogP contribution in [0.3, 0.4) is 0 Å². The van der Waals surface area contributed by atoms with Crippen molar-refractivity contribution in [3.8, 4) is 0 Å². The topological polar surface area (TPSA) is 41.9 Å². The lowest BCUT2D eigenvalue weighted by molar-refractivity contribution is 0.517. The Hall–Kier alpha value is -1.97. The van der Waals surface area contributed by atoms with E-state index in [-0.39, 0.29) is 0 Å². The molecule has 0 bridgehead atoms. The van der Waals surface area contributed by atoms with Crippen molar-refractivity contribution in [3.05, 3.63) is 47.7 Å². The molecule has 0 unspecified atom stereocenters. The van der Waals surface area contributed by atoms with Gasteiger partial charge in [0, 0.05) is 42.7 Å². The summed E-state index contributed by atoms with van der Waals surface area (Å²) >= 11 is 0. The van der Waals surface area contributed by atoms with E-state index in [4.69, 9.17) is 0 Å². The first kappa shape index (κ1) is 10.9. The van der Waals surface area contributed by atoms with E-state index in [0.29, 0.717) is 5.92 Å². The van der Waals surface area contributed by atoms with Gasteiger partial charge in [0.05, 0.1) is 0 Å². The molecule has 4 heteroatoms. The van der Waals surface area contributed by atoms with Gasteiger partial charge in [-0.1, -0.05) is 0 Å². The first-order chi connectivity index (χ1) is 9.42. The molecule has 0 radical (unpaired) electrons. The van der Waals surface area contributed by atoms with Crippen molar-refractivity contribution in [2.75, 3.05) is 18.0 Å². The summed E-state index contributed by atoms with van der Waals surface area (Å²) in [5.74, 6) is 1.79. The van der Waals surface area contributed by atoms with Crippen LogP contribution in [0.25, 0.3) is 0 Å². The number of fused-ring (bicyclic) bond motifs is 1. The van der Waals surface area contributed by atoms with Gasteiger partial charge < -0.3 is 4.90 Å². The maximum Gasteiger partial charge on any atom is 0.135 e. The van der Waals surface area contributed by atoms with E-state index in [2.05, 4.69) is 32.0 Å². The van der Waals surface area contributed by atoms with Gasteiger partial charge >= 0.3 is 0 Å². The Kier molecular flexibility index (Phi) is 2.47. The highest BCUT2D eigenvalue weighted by Gasteiger charge is 2.31. The Morgan fingerprint density at radius 2 is 1.89 bits per heavy atom. The van der Waals surface area contributed by atoms with Crippen molar-refractivity contribution in [1.29, 1.82) is 0 Å². The Bertz CT molecular complexity index is 590. The van der Waals surface area contributed by atoms with Crippen molar-refractivity contribution in [1.82, 2.24) is 15.0 Å². The standard InChI is InChI=1S/C15H16N4/c1-2-13-14(3-1)17-10-18-15(13)19-8-12(9-19)11-4-6-16-7-5-11/h4-7,10,12H,1-3,8-9H2. The van der Waals surface area contributed by atoms with Gasteiger partial charge in [-0.2, -0.15) is 0 Å². The van der Waals surface area contributed by atoms with Crippen molar-refractivity contribution in [2.45, 2.75) is 25.2 Å². The van der Waals surface area contributed by atoms with E-state index in [0.717, 1.165) is 25.9 Å². The lowest BCUT2D eigenvalue weighted by Gasteiger charge is -2.41. The summed E-state index contributed by atoms with van der Waals surface area (Å²) in [5, 5.41) is 0. The molecule has 1 aliphatic carbocycles. The number of aryl methyl sites for hydroxylation is 1. The highest BCUT2D eigenvalue weighted by atomic mass is 15.2. The molecule has 4 nitrogen and oxygen atoms in total. The first-order valence-corrected chi connectivity index (χ1v) is 6.89. The zero-order valence-electron chi connectivity index (χ0n) is 10.8. The molecule has 96 valence electrons. The molecule has 1 aliphatic heterocycles. The fourth-order valence-corrected chi connectivity index (χ4v) is 3.11. The molecule has 0 aromatic carbocycles. The van der Waals surface area contributed by atoms with Crippen LogP contribution in [0.15, 0.2) is 30.9 Å². The Morgan fingerprint density at radius 1 is 1.05 bits per heavy atom. The van der Waals surface area contributed by atoms with Gasteiger partial charge in [0.1, 0.15) is 12.1 Å². The molecule has 0 spiro atoms. The minimum atomic E-state index is 0.620. The third-order valence-electron chi connectivity index (χ3n) is 4.21. The number of rotatable bonds is 2. The van der Waals surface area contributed by atoms with Crippen LogP contribution >= 0.6 is 0 Å². The van der Waals surface area contributed by atoms with Crippen LogP contribution in [-0.4, -0.2) is 28.0 Å². The normalized spacial score (nSPS) is 18.2. The molecule has 0 atom stereocenters. The molecule has 0 amide bonds. The average molecular weight is 252 g/mol. The van der Waals surface area contributed by atoms with Crippen LogP contribution in [0, 0.1) is 0 Å². The quantitative estimate of drug-likeness (QED) is 0.819. The van der Waals surface area contributed by atoms with Gasteiger partial charge in [-0.15, -0.1) is 0 Å². The van der Waals surface area contributed by atoms with E-state index < -0.39 is 0 Å². The van der Waals surface area contributed by atoms with E-state index in [1.165, 1.54) is 29.1 Å². The van der Waals surface area contributed by atoms with Crippen LogP contribution in [0.5, 0.6) is 0 Å². The highest BCUT2D eigenvalue weighted by Crippen LogP contribution is 2.35. The smallest absolute Gasteiger partial charge is 0.135 e. The molecule has 0 N–H and O–H groups in total. The molecular formula is C15H16N4. The average Bonchev–Trinajstić information content (AvgIpc) is 2.87. The minimum absolute atomic E-state index is 0.620. The van der Waals surface area contributed by atoms with Crippen molar-refractivity contribution < 1.29 is 0 Å². The van der Waals surface area contributed by atoms with Crippen LogP contribution < -0.4 is 4.90 Å². The van der Waals surface area contributed by atoms with Crippen LogP contribution in [0.2, 0.25) is 0 Å². The van der Waals surface area contributed by atoms with Crippen molar-refractivity contribution in [2.24, 2.45) is 0 Å². The Balaban J connectivity index is 1.54. The van der Waals surface area contributed by atoms with Gasteiger partial charge in [0.15, 0.2) is 0 Å². The van der Waals surface area contributed by atoms with Crippen molar-refractivity contribution in [3.63, 3.8) is 0 Å². The minimum Gasteiger partial charge on any atom is -0.355 e. The van der Waals surface area contributed by atoms with E-state index in [1.54, 1.807) is 6.33 Å². The Labute approximate surface area is 112 Å². The first-order valence-electron chi connectivity index (χ1n) is 6.89. The number of pyridine rings is 1. The van der Waals surface area contributed by atoms with E-state index in [9.17, 15) is 0 Å². The van der Waals surface area contributed by atoms with Crippen LogP contribution in [0.4, 0.5) is 5.82 Å². The molecule has 1 saturated heterocycles. The zero-order chi connectivity index (χ0) is 12.7. The SMILES string of the molecule is c1cc(C2CN(c3ncnc4c3CCC4)C2)ccn1. The summed E-state index contributed by atoms with van der Waals surface area (Å²) in [7, 11) is 0. The second kappa shape index (κ2) is 4.30. The molecule has 0 saturated carbocycles. The molecule has 19 heavy (non-hydrogen) atoms. The second-order valence-electron chi connectivity index (χ2n) is 5.36. The largest absolute Gasteiger partial charge is 0.355 e. The number of hydrogen-bond donors (Lipinski definition) is 0. The third-order valence-corrected chi connectivity index (χ3v) is 4.21. The molecule has 2 aromatic heterocycles. The summed E-state index contributed by atoms with van der Waals surface area (Å²) < 4.78 is 0. The number of nitrogens with zero attached hydrogens (tertiary/aromatic N) is 4. The molecule has 3 heterocycles. The fraction of sp³-hybridized carbons (Fsp3) is 0.400. The summed E-state index contributed by atoms with van der Waals surface area (Å²) in [6, 6.07) is 4.23. The molecule has 2 aliphatic rings. The lowest BCUT2D eigenvalue weighted by Crippen LogP contribution is -2.46. The lowest BCUT2D eigenvalue weighted by atomic mass is 9.92. The van der Waals surface area contributed by atoms with Gasteiger partial charge in [-0.05, 0) is 37.0 Å². The van der Waals surface area contributed by atoms with E-state index >= 15 is 0 Å².